The van der Waals surface area contributed by atoms with Crippen molar-refractivity contribution < 1.29 is 33.1 Å². The quantitative estimate of drug-likeness (QED) is 0.343. The van der Waals surface area contributed by atoms with Gasteiger partial charge in [-0.1, -0.05) is 30.8 Å². The van der Waals surface area contributed by atoms with E-state index in [2.05, 4.69) is 46.4 Å². The van der Waals surface area contributed by atoms with Crippen LogP contribution in [-0.4, -0.2) is 49.4 Å². The van der Waals surface area contributed by atoms with E-state index in [-0.39, 0.29) is 24.3 Å². The molecule has 8 heteroatoms. The maximum Gasteiger partial charge on any atom is 1.00 e. The van der Waals surface area contributed by atoms with Crippen molar-refractivity contribution in [1.82, 2.24) is 15.3 Å². The summed E-state index contributed by atoms with van der Waals surface area (Å²) < 4.78 is 9.78. The number of hydrogen-bond donors (Lipinski definition) is 1. The number of allylic oxidation sites excluding steroid dienone is 1. The molecular weight excluding hydrogens is 385 g/mol. The van der Waals surface area contributed by atoms with Gasteiger partial charge in [0.2, 0.25) is 0 Å². The summed E-state index contributed by atoms with van der Waals surface area (Å²) in [5, 5.41) is 3.85. The van der Waals surface area contributed by atoms with Crippen LogP contribution in [0.2, 0.25) is 5.02 Å². The topological polar surface area (TPSA) is 73.3 Å². The third kappa shape index (κ3) is 9.63. The van der Waals surface area contributed by atoms with Crippen LogP contribution in [0.25, 0.3) is 0 Å². The molecule has 1 saturated carbocycles. The van der Waals surface area contributed by atoms with E-state index in [1.165, 1.54) is 13.6 Å². The van der Waals surface area contributed by atoms with Crippen LogP contribution in [0.4, 0.5) is 0 Å². The Morgan fingerprint density at radius 3 is 2.48 bits per heavy atom. The maximum atomic E-state index is 8.83. The zero-order chi connectivity index (χ0) is 20.8. The SMILES string of the molecule is C=CC1(c2ncc(Cl)cn2)CCC(OC[CH-][C@H](C[CH-]C)NC)CC1.CO[C-]=O.[Li+]. The fraction of sp³-hybridized carbons (Fsp3) is 0.571. The van der Waals surface area contributed by atoms with Gasteiger partial charge in [0.15, 0.2) is 0 Å². The number of rotatable bonds is 10. The molecule has 1 aliphatic rings. The Morgan fingerprint density at radius 2 is 2.03 bits per heavy atom. The number of aromatic nitrogens is 2. The molecule has 0 bridgehead atoms. The van der Waals surface area contributed by atoms with Crippen LogP contribution < -0.4 is 24.2 Å². The van der Waals surface area contributed by atoms with Gasteiger partial charge < -0.3 is 26.0 Å². The van der Waals surface area contributed by atoms with Crippen LogP contribution in [0.15, 0.2) is 25.0 Å². The molecule has 1 atom stereocenters. The van der Waals surface area contributed by atoms with Crippen LogP contribution in [-0.2, 0) is 19.7 Å². The normalized spacial score (nSPS) is 21.7. The fourth-order valence-electron chi connectivity index (χ4n) is 3.26. The molecule has 0 aromatic carbocycles. The minimum atomic E-state index is -0.154. The second kappa shape index (κ2) is 15.9. The van der Waals surface area contributed by atoms with Crippen LogP contribution >= 0.6 is 11.6 Å². The van der Waals surface area contributed by atoms with Crippen LogP contribution in [0, 0.1) is 12.8 Å². The van der Waals surface area contributed by atoms with Crippen molar-refractivity contribution in [3.63, 3.8) is 0 Å². The fourth-order valence-corrected chi connectivity index (χ4v) is 3.35. The molecular formula is C21H31ClLiN3O3-2. The van der Waals surface area contributed by atoms with E-state index in [1.54, 1.807) is 12.4 Å². The van der Waals surface area contributed by atoms with Crippen molar-refractivity contribution in [2.24, 2.45) is 0 Å². The molecule has 158 valence electrons. The number of carbonyl (C=O) groups excluding carboxylic acids is 1. The Balaban J connectivity index is 0.00000143. The van der Waals surface area contributed by atoms with Crippen molar-refractivity contribution in [3.05, 3.63) is 48.7 Å². The Kier molecular flexibility index (Phi) is 15.4. The average Bonchev–Trinajstić information content (AvgIpc) is 2.74. The zero-order valence-electron chi connectivity index (χ0n) is 18.0. The van der Waals surface area contributed by atoms with Crippen LogP contribution in [0.1, 0.15) is 44.9 Å². The number of nitrogens with one attached hydrogen (secondary N) is 1. The first kappa shape index (κ1) is 28.1. The maximum absolute atomic E-state index is 8.83. The zero-order valence-corrected chi connectivity index (χ0v) is 18.7. The molecule has 0 saturated heterocycles. The van der Waals surface area contributed by atoms with E-state index in [0.29, 0.717) is 23.8 Å². The first-order valence-electron chi connectivity index (χ1n) is 9.47. The summed E-state index contributed by atoms with van der Waals surface area (Å²) in [7, 11) is 3.24. The van der Waals surface area contributed by atoms with Crippen molar-refractivity contribution in [2.75, 3.05) is 20.8 Å². The molecule has 29 heavy (non-hydrogen) atoms. The van der Waals surface area contributed by atoms with Crippen LogP contribution in [0.3, 0.4) is 0 Å². The molecule has 0 spiro atoms. The summed E-state index contributed by atoms with van der Waals surface area (Å²) in [4.78, 5) is 17.7. The van der Waals surface area contributed by atoms with Gasteiger partial charge in [-0.2, -0.15) is 13.3 Å². The second-order valence-corrected chi connectivity index (χ2v) is 7.12. The molecule has 0 radical (unpaired) electrons. The van der Waals surface area contributed by atoms with Gasteiger partial charge in [-0.05, 0) is 32.7 Å². The number of halogens is 1. The summed E-state index contributed by atoms with van der Waals surface area (Å²) >= 11 is 5.90. The predicted molar refractivity (Wildman–Crippen MR) is 112 cm³/mol. The first-order chi connectivity index (χ1) is 13.5. The van der Waals surface area contributed by atoms with Gasteiger partial charge in [0, 0.05) is 24.9 Å². The van der Waals surface area contributed by atoms with Gasteiger partial charge in [-0.25, -0.2) is 9.97 Å². The van der Waals surface area contributed by atoms with E-state index in [9.17, 15) is 0 Å². The predicted octanol–water partition coefficient (Wildman–Crippen LogP) is 0.624. The van der Waals surface area contributed by atoms with Gasteiger partial charge in [-0.15, -0.1) is 12.6 Å². The number of methoxy groups -OCH3 is 1. The standard InChI is InChI=1S/C19H28ClN3O.C2H3O2.Li/c1-4-6-16(21-3)9-12-24-17-7-10-19(5-2,11-8-17)18-22-13-15(20)14-23-18;1-4-2-3;/h4-5,9,13-14,16-17,21H,2,6-8,10-12H2,1,3H3;1H3;/q-2;-1;+1/t16-,17?,19?;;/m0../s1. The third-order valence-corrected chi connectivity index (χ3v) is 5.13. The molecule has 0 aliphatic heterocycles. The van der Waals surface area contributed by atoms with E-state index in [4.69, 9.17) is 21.1 Å². The van der Waals surface area contributed by atoms with Gasteiger partial charge >= 0.3 is 18.9 Å². The van der Waals surface area contributed by atoms with Gasteiger partial charge in [0.05, 0.1) is 11.1 Å². The van der Waals surface area contributed by atoms with Gasteiger partial charge in [0.25, 0.3) is 0 Å². The van der Waals surface area contributed by atoms with Crippen LogP contribution in [0.5, 0.6) is 0 Å². The Hall–Kier alpha value is -0.903. The number of nitrogens with zero attached hydrogens (tertiary/aromatic N) is 2. The number of ether oxygens (including phenoxy) is 2. The molecule has 1 fully saturated rings. The van der Waals surface area contributed by atoms with Crippen molar-refractivity contribution in [3.8, 4) is 0 Å². The largest absolute Gasteiger partial charge is 1.00 e. The van der Waals surface area contributed by atoms with E-state index >= 15 is 0 Å². The molecule has 6 nitrogen and oxygen atoms in total. The molecule has 1 N–H and O–H groups in total. The molecule has 2 rings (SSSR count). The molecule has 1 aromatic heterocycles. The van der Waals surface area contributed by atoms with Gasteiger partial charge in [-0.3, -0.25) is 6.42 Å². The third-order valence-electron chi connectivity index (χ3n) is 4.94. The average molecular weight is 416 g/mol. The van der Waals surface area contributed by atoms with Crippen molar-refractivity contribution in [1.29, 1.82) is 0 Å². The molecule has 0 amide bonds. The summed E-state index contributed by atoms with van der Waals surface area (Å²) in [5.74, 6) is 0.820. The summed E-state index contributed by atoms with van der Waals surface area (Å²) in [5.41, 5.74) is -0.154. The molecule has 0 unspecified atom stereocenters. The second-order valence-electron chi connectivity index (χ2n) is 6.68. The summed E-state index contributed by atoms with van der Waals surface area (Å²) in [6.07, 6.45) is 14.9. The van der Waals surface area contributed by atoms with Crippen molar-refractivity contribution >= 4 is 18.1 Å². The number of hydrogen-bond acceptors (Lipinski definition) is 6. The van der Waals surface area contributed by atoms with E-state index in [1.807, 2.05) is 13.1 Å². The molecule has 1 aliphatic carbocycles. The summed E-state index contributed by atoms with van der Waals surface area (Å²) in [6, 6.07) is 0.383. The monoisotopic (exact) mass is 415 g/mol. The van der Waals surface area contributed by atoms with E-state index in [0.717, 1.165) is 37.9 Å². The smallest absolute Gasteiger partial charge is 0.655 e. The Morgan fingerprint density at radius 1 is 1.45 bits per heavy atom. The molecule has 1 heterocycles. The first-order valence-corrected chi connectivity index (χ1v) is 9.84. The Bertz CT molecular complexity index is 567. The Labute approximate surface area is 192 Å². The van der Waals surface area contributed by atoms with Gasteiger partial charge in [0.1, 0.15) is 5.82 Å². The summed E-state index contributed by atoms with van der Waals surface area (Å²) in [6.45, 7) is 7.97. The molecule has 1 aromatic rings. The van der Waals surface area contributed by atoms with Crippen molar-refractivity contribution in [2.45, 2.75) is 56.6 Å². The minimum absolute atomic E-state index is 0. The van der Waals surface area contributed by atoms with E-state index < -0.39 is 0 Å². The minimum Gasteiger partial charge on any atom is -0.655 e.